The van der Waals surface area contributed by atoms with Crippen molar-refractivity contribution in [3.63, 3.8) is 0 Å². The summed E-state index contributed by atoms with van der Waals surface area (Å²) >= 11 is 6.17. The van der Waals surface area contributed by atoms with Gasteiger partial charge in [0.05, 0.1) is 18.2 Å². The van der Waals surface area contributed by atoms with Gasteiger partial charge in [0, 0.05) is 26.6 Å². The van der Waals surface area contributed by atoms with Crippen molar-refractivity contribution in [3.05, 3.63) is 28.8 Å². The van der Waals surface area contributed by atoms with Crippen LogP contribution in [0.4, 0.5) is 0 Å². The van der Waals surface area contributed by atoms with Gasteiger partial charge in [0.25, 0.3) is 0 Å². The van der Waals surface area contributed by atoms with Crippen LogP contribution in [0.5, 0.6) is 5.75 Å². The molecule has 1 aromatic carbocycles. The topological polar surface area (TPSA) is 30.5 Å². The van der Waals surface area contributed by atoms with Crippen LogP contribution in [0.2, 0.25) is 5.02 Å². The van der Waals surface area contributed by atoms with Gasteiger partial charge in [-0.25, -0.2) is 0 Å². The molecule has 104 valence electrons. The Labute approximate surface area is 120 Å². The van der Waals surface area contributed by atoms with Crippen molar-refractivity contribution < 1.29 is 9.47 Å². The van der Waals surface area contributed by atoms with Gasteiger partial charge in [-0.15, -0.1) is 11.8 Å². The molecular formula is C15H20ClNO2. The lowest BCUT2D eigenvalue weighted by Gasteiger charge is -2.09. The van der Waals surface area contributed by atoms with Gasteiger partial charge in [0.2, 0.25) is 0 Å². The van der Waals surface area contributed by atoms with E-state index in [-0.39, 0.29) is 0 Å². The average molecular weight is 282 g/mol. The molecule has 0 fully saturated rings. The molecule has 0 saturated heterocycles. The van der Waals surface area contributed by atoms with Crippen LogP contribution < -0.4 is 10.1 Å². The predicted octanol–water partition coefficient (Wildman–Crippen LogP) is 2.87. The maximum Gasteiger partial charge on any atom is 0.137 e. The third-order valence-corrected chi connectivity index (χ3v) is 2.77. The van der Waals surface area contributed by atoms with E-state index in [0.717, 1.165) is 18.7 Å². The van der Waals surface area contributed by atoms with Crippen LogP contribution in [0.3, 0.4) is 0 Å². The molecule has 0 heterocycles. The van der Waals surface area contributed by atoms with Crippen LogP contribution in [0, 0.1) is 11.8 Å². The van der Waals surface area contributed by atoms with Crippen LogP contribution in [0.15, 0.2) is 18.2 Å². The molecular weight excluding hydrogens is 262 g/mol. The lowest BCUT2D eigenvalue weighted by atomic mass is 10.2. The Morgan fingerprint density at radius 3 is 2.84 bits per heavy atom. The summed E-state index contributed by atoms with van der Waals surface area (Å²) in [6.07, 6.45) is 0.715. The molecule has 0 atom stereocenters. The van der Waals surface area contributed by atoms with E-state index >= 15 is 0 Å². The molecule has 0 unspecified atom stereocenters. The summed E-state index contributed by atoms with van der Waals surface area (Å²) in [5.41, 5.74) is 1.13. The summed E-state index contributed by atoms with van der Waals surface area (Å²) < 4.78 is 10.5. The summed E-state index contributed by atoms with van der Waals surface area (Å²) in [5, 5.41) is 3.90. The highest BCUT2D eigenvalue weighted by molar-refractivity contribution is 6.32. The molecule has 0 aromatic heterocycles. The quantitative estimate of drug-likeness (QED) is 0.587. The zero-order valence-electron chi connectivity index (χ0n) is 11.5. The lowest BCUT2D eigenvalue weighted by Crippen LogP contribution is -2.18. The predicted molar refractivity (Wildman–Crippen MR) is 78.6 cm³/mol. The van der Waals surface area contributed by atoms with Crippen LogP contribution in [0.1, 0.15) is 18.9 Å². The summed E-state index contributed by atoms with van der Waals surface area (Å²) in [6, 6.07) is 5.82. The fourth-order valence-electron chi connectivity index (χ4n) is 1.52. The SMILES string of the molecule is CC#CCCOc1ccc(CNCCOC)cc1Cl. The first-order valence-corrected chi connectivity index (χ1v) is 6.66. The van der Waals surface area contributed by atoms with Crippen molar-refractivity contribution in [3.8, 4) is 17.6 Å². The fourth-order valence-corrected chi connectivity index (χ4v) is 1.77. The first kappa shape index (κ1) is 15.8. The second kappa shape index (κ2) is 9.69. The smallest absolute Gasteiger partial charge is 0.137 e. The molecule has 0 aliphatic rings. The van der Waals surface area contributed by atoms with Crippen LogP contribution in [-0.4, -0.2) is 26.9 Å². The minimum Gasteiger partial charge on any atom is -0.491 e. The Balaban J connectivity index is 2.41. The molecule has 19 heavy (non-hydrogen) atoms. The molecule has 1 aromatic rings. The standard InChI is InChI=1S/C15H20ClNO2/c1-3-4-5-9-19-15-7-6-13(11-14(15)16)12-17-8-10-18-2/h6-7,11,17H,5,8-10,12H2,1-2H3. The molecule has 0 saturated carbocycles. The number of rotatable bonds is 8. The van der Waals surface area contributed by atoms with Gasteiger partial charge in [-0.05, 0) is 24.6 Å². The summed E-state index contributed by atoms with van der Waals surface area (Å²) in [7, 11) is 1.69. The number of nitrogens with one attached hydrogen (secondary N) is 1. The van der Waals surface area contributed by atoms with Crippen molar-refractivity contribution in [2.75, 3.05) is 26.9 Å². The van der Waals surface area contributed by atoms with Crippen molar-refractivity contribution in [1.82, 2.24) is 5.32 Å². The molecule has 0 bridgehead atoms. The molecule has 3 nitrogen and oxygen atoms in total. The van der Waals surface area contributed by atoms with Gasteiger partial charge < -0.3 is 14.8 Å². The monoisotopic (exact) mass is 281 g/mol. The lowest BCUT2D eigenvalue weighted by molar-refractivity contribution is 0.199. The van der Waals surface area contributed by atoms with E-state index in [1.807, 2.05) is 25.1 Å². The number of benzene rings is 1. The van der Waals surface area contributed by atoms with Gasteiger partial charge in [-0.3, -0.25) is 0 Å². The normalized spacial score (nSPS) is 9.84. The zero-order chi connectivity index (χ0) is 13.9. The second-order valence-electron chi connectivity index (χ2n) is 3.96. The highest BCUT2D eigenvalue weighted by atomic mass is 35.5. The second-order valence-corrected chi connectivity index (χ2v) is 4.37. The van der Waals surface area contributed by atoms with E-state index in [0.29, 0.717) is 30.4 Å². The van der Waals surface area contributed by atoms with E-state index in [4.69, 9.17) is 21.1 Å². The van der Waals surface area contributed by atoms with E-state index in [1.165, 1.54) is 0 Å². The highest BCUT2D eigenvalue weighted by Crippen LogP contribution is 2.25. The summed E-state index contributed by atoms with van der Waals surface area (Å²) in [5.74, 6) is 6.49. The number of methoxy groups -OCH3 is 1. The first-order chi connectivity index (χ1) is 9.27. The van der Waals surface area contributed by atoms with Crippen molar-refractivity contribution in [1.29, 1.82) is 0 Å². The molecule has 0 amide bonds. The van der Waals surface area contributed by atoms with E-state index in [1.54, 1.807) is 7.11 Å². The Hall–Kier alpha value is -1.21. The minimum atomic E-state index is 0.562. The maximum atomic E-state index is 6.17. The van der Waals surface area contributed by atoms with Gasteiger partial charge in [0.1, 0.15) is 5.75 Å². The molecule has 4 heteroatoms. The average Bonchev–Trinajstić information content (AvgIpc) is 2.42. The fraction of sp³-hybridized carbons (Fsp3) is 0.467. The molecule has 0 aliphatic carbocycles. The van der Waals surface area contributed by atoms with Gasteiger partial charge in [-0.1, -0.05) is 17.7 Å². The maximum absolute atomic E-state index is 6.17. The Morgan fingerprint density at radius 1 is 1.32 bits per heavy atom. The van der Waals surface area contributed by atoms with Crippen molar-refractivity contribution in [2.45, 2.75) is 19.9 Å². The number of hydrogen-bond donors (Lipinski definition) is 1. The molecule has 1 N–H and O–H groups in total. The number of halogens is 1. The van der Waals surface area contributed by atoms with E-state index in [9.17, 15) is 0 Å². The molecule has 0 aliphatic heterocycles. The Morgan fingerprint density at radius 2 is 2.16 bits per heavy atom. The van der Waals surface area contributed by atoms with Gasteiger partial charge in [0.15, 0.2) is 0 Å². The molecule has 0 spiro atoms. The largest absolute Gasteiger partial charge is 0.491 e. The van der Waals surface area contributed by atoms with E-state index < -0.39 is 0 Å². The van der Waals surface area contributed by atoms with Crippen molar-refractivity contribution in [2.24, 2.45) is 0 Å². The van der Waals surface area contributed by atoms with E-state index in [2.05, 4.69) is 17.2 Å². The van der Waals surface area contributed by atoms with Gasteiger partial charge in [-0.2, -0.15) is 0 Å². The Bertz CT molecular complexity index is 438. The zero-order valence-corrected chi connectivity index (χ0v) is 12.2. The summed E-state index contributed by atoms with van der Waals surface area (Å²) in [4.78, 5) is 0. The first-order valence-electron chi connectivity index (χ1n) is 6.28. The number of ether oxygens (including phenoxy) is 2. The highest BCUT2D eigenvalue weighted by Gasteiger charge is 2.02. The third kappa shape index (κ3) is 6.49. The molecule has 1 rings (SSSR count). The summed E-state index contributed by atoms with van der Waals surface area (Å²) in [6.45, 7) is 4.67. The van der Waals surface area contributed by atoms with Crippen molar-refractivity contribution >= 4 is 11.6 Å². The van der Waals surface area contributed by atoms with Crippen LogP contribution in [-0.2, 0) is 11.3 Å². The molecule has 0 radical (unpaired) electrons. The van der Waals surface area contributed by atoms with Gasteiger partial charge >= 0.3 is 0 Å². The van der Waals surface area contributed by atoms with Crippen LogP contribution >= 0.6 is 11.6 Å². The number of hydrogen-bond acceptors (Lipinski definition) is 3. The minimum absolute atomic E-state index is 0.562. The Kier molecular flexibility index (Phi) is 8.08. The third-order valence-electron chi connectivity index (χ3n) is 2.47. The van der Waals surface area contributed by atoms with Crippen LogP contribution in [0.25, 0.3) is 0 Å².